The number of hydrogen-bond donors (Lipinski definition) is 0. The first kappa shape index (κ1) is 16.8. The standard InChI is InChI=1S/C18H16F2N4O/c1-12(14-5-8-16(19)17(20)9-14)23(2)18(25)13-3-6-15(7-4-13)24-11-21-10-22-24/h3-12H,1-2H3. The molecule has 7 heteroatoms. The van der Waals surface area contributed by atoms with Crippen molar-refractivity contribution >= 4 is 5.91 Å². The fraction of sp³-hybridized carbons (Fsp3) is 0.167. The Kier molecular flexibility index (Phi) is 4.56. The normalized spacial score (nSPS) is 12.0. The molecule has 128 valence electrons. The number of hydrogen-bond acceptors (Lipinski definition) is 3. The van der Waals surface area contributed by atoms with Gasteiger partial charge in [-0.3, -0.25) is 4.79 Å². The number of nitrogens with zero attached hydrogens (tertiary/aromatic N) is 4. The van der Waals surface area contributed by atoms with Crippen molar-refractivity contribution in [2.75, 3.05) is 7.05 Å². The zero-order valence-electron chi connectivity index (χ0n) is 13.7. The number of rotatable bonds is 4. The number of benzene rings is 2. The molecule has 0 spiro atoms. The van der Waals surface area contributed by atoms with Crippen LogP contribution in [-0.4, -0.2) is 32.6 Å². The lowest BCUT2D eigenvalue weighted by Gasteiger charge is -2.25. The smallest absolute Gasteiger partial charge is 0.254 e. The van der Waals surface area contributed by atoms with Gasteiger partial charge in [0.1, 0.15) is 12.7 Å². The summed E-state index contributed by atoms with van der Waals surface area (Å²) in [4.78, 5) is 18.0. The molecule has 3 rings (SSSR count). The first-order valence-corrected chi connectivity index (χ1v) is 7.64. The van der Waals surface area contributed by atoms with Crippen molar-refractivity contribution in [1.82, 2.24) is 19.7 Å². The summed E-state index contributed by atoms with van der Waals surface area (Å²) in [6, 6.07) is 10.1. The van der Waals surface area contributed by atoms with Crippen LogP contribution in [0.2, 0.25) is 0 Å². The predicted molar refractivity (Wildman–Crippen MR) is 88.2 cm³/mol. The summed E-state index contributed by atoms with van der Waals surface area (Å²) in [5, 5.41) is 4.02. The molecule has 0 saturated carbocycles. The third-order valence-electron chi connectivity index (χ3n) is 4.12. The Labute approximate surface area is 143 Å². The van der Waals surface area contributed by atoms with E-state index in [1.807, 2.05) is 0 Å². The Morgan fingerprint density at radius 3 is 2.44 bits per heavy atom. The molecule has 0 bridgehead atoms. The molecule has 0 aliphatic heterocycles. The van der Waals surface area contributed by atoms with Gasteiger partial charge >= 0.3 is 0 Å². The molecule has 0 saturated heterocycles. The van der Waals surface area contributed by atoms with E-state index in [4.69, 9.17) is 0 Å². The molecule has 1 atom stereocenters. The summed E-state index contributed by atoms with van der Waals surface area (Å²) in [5.41, 5.74) is 1.79. The van der Waals surface area contributed by atoms with Gasteiger partial charge in [-0.1, -0.05) is 6.07 Å². The van der Waals surface area contributed by atoms with Crippen molar-refractivity contribution in [1.29, 1.82) is 0 Å². The third kappa shape index (κ3) is 3.40. The van der Waals surface area contributed by atoms with Gasteiger partial charge in [0.25, 0.3) is 5.91 Å². The van der Waals surface area contributed by atoms with Gasteiger partial charge < -0.3 is 4.90 Å². The Morgan fingerprint density at radius 1 is 1.12 bits per heavy atom. The number of amides is 1. The second-order valence-corrected chi connectivity index (χ2v) is 5.65. The average molecular weight is 342 g/mol. The summed E-state index contributed by atoms with van der Waals surface area (Å²) in [6.45, 7) is 1.76. The summed E-state index contributed by atoms with van der Waals surface area (Å²) in [7, 11) is 1.62. The summed E-state index contributed by atoms with van der Waals surface area (Å²) in [5.74, 6) is -2.06. The monoisotopic (exact) mass is 342 g/mol. The van der Waals surface area contributed by atoms with Crippen LogP contribution in [0.5, 0.6) is 0 Å². The molecule has 2 aromatic carbocycles. The summed E-state index contributed by atoms with van der Waals surface area (Å²) < 4.78 is 28.1. The Morgan fingerprint density at radius 2 is 1.84 bits per heavy atom. The molecule has 1 aromatic heterocycles. The van der Waals surface area contributed by atoms with Crippen molar-refractivity contribution in [3.05, 3.63) is 77.9 Å². The van der Waals surface area contributed by atoms with Gasteiger partial charge in [0.2, 0.25) is 0 Å². The predicted octanol–water partition coefficient (Wildman–Crippen LogP) is 3.38. The van der Waals surface area contributed by atoms with Crippen molar-refractivity contribution in [2.24, 2.45) is 0 Å². The van der Waals surface area contributed by atoms with Crippen LogP contribution in [0, 0.1) is 11.6 Å². The highest BCUT2D eigenvalue weighted by Gasteiger charge is 2.20. The van der Waals surface area contributed by atoms with Gasteiger partial charge in [-0.25, -0.2) is 18.4 Å². The van der Waals surface area contributed by atoms with E-state index in [0.29, 0.717) is 11.1 Å². The van der Waals surface area contributed by atoms with Crippen LogP contribution in [0.3, 0.4) is 0 Å². The number of carbonyl (C=O) groups excluding carboxylic acids is 1. The van der Waals surface area contributed by atoms with E-state index in [1.165, 1.54) is 17.3 Å². The molecule has 1 unspecified atom stereocenters. The van der Waals surface area contributed by atoms with E-state index >= 15 is 0 Å². The maximum atomic E-state index is 13.4. The molecule has 1 amide bonds. The molecular weight excluding hydrogens is 326 g/mol. The average Bonchev–Trinajstić information content (AvgIpc) is 3.17. The van der Waals surface area contributed by atoms with Gasteiger partial charge in [-0.05, 0) is 48.9 Å². The Hall–Kier alpha value is -3.09. The Balaban J connectivity index is 1.78. The van der Waals surface area contributed by atoms with Crippen LogP contribution < -0.4 is 0 Å². The largest absolute Gasteiger partial charge is 0.335 e. The van der Waals surface area contributed by atoms with Crippen LogP contribution in [0.25, 0.3) is 5.69 Å². The zero-order chi connectivity index (χ0) is 18.0. The number of aromatic nitrogens is 3. The first-order valence-electron chi connectivity index (χ1n) is 7.64. The molecule has 3 aromatic rings. The highest BCUT2D eigenvalue weighted by molar-refractivity contribution is 5.94. The quantitative estimate of drug-likeness (QED) is 0.730. The molecule has 25 heavy (non-hydrogen) atoms. The highest BCUT2D eigenvalue weighted by Crippen LogP contribution is 2.23. The van der Waals surface area contributed by atoms with Crippen molar-refractivity contribution < 1.29 is 13.6 Å². The van der Waals surface area contributed by atoms with Gasteiger partial charge in [-0.15, -0.1) is 0 Å². The Bertz CT molecular complexity index is 879. The molecule has 0 aliphatic carbocycles. The van der Waals surface area contributed by atoms with Gasteiger partial charge in [0, 0.05) is 12.6 Å². The van der Waals surface area contributed by atoms with E-state index in [2.05, 4.69) is 10.1 Å². The molecule has 1 heterocycles. The fourth-order valence-corrected chi connectivity index (χ4v) is 2.47. The topological polar surface area (TPSA) is 51.0 Å². The first-order chi connectivity index (χ1) is 12.0. The van der Waals surface area contributed by atoms with Crippen LogP contribution in [0.15, 0.2) is 55.1 Å². The van der Waals surface area contributed by atoms with E-state index in [9.17, 15) is 13.6 Å². The van der Waals surface area contributed by atoms with Crippen LogP contribution in [0.4, 0.5) is 8.78 Å². The van der Waals surface area contributed by atoms with Gasteiger partial charge in [0.05, 0.1) is 11.7 Å². The van der Waals surface area contributed by atoms with Crippen LogP contribution in [-0.2, 0) is 0 Å². The van der Waals surface area contributed by atoms with E-state index < -0.39 is 17.7 Å². The van der Waals surface area contributed by atoms with E-state index in [0.717, 1.165) is 17.8 Å². The SMILES string of the molecule is CC(c1ccc(F)c(F)c1)N(C)C(=O)c1ccc(-n2cncn2)cc1. The van der Waals surface area contributed by atoms with Crippen LogP contribution in [0.1, 0.15) is 28.9 Å². The lowest BCUT2D eigenvalue weighted by atomic mass is 10.1. The molecule has 0 N–H and O–H groups in total. The van der Waals surface area contributed by atoms with E-state index in [1.54, 1.807) is 49.2 Å². The zero-order valence-corrected chi connectivity index (χ0v) is 13.7. The second kappa shape index (κ2) is 6.80. The summed E-state index contributed by atoms with van der Waals surface area (Å²) >= 11 is 0. The fourth-order valence-electron chi connectivity index (χ4n) is 2.47. The van der Waals surface area contributed by atoms with Gasteiger partial charge in [-0.2, -0.15) is 5.10 Å². The highest BCUT2D eigenvalue weighted by atomic mass is 19.2. The minimum Gasteiger partial charge on any atom is -0.335 e. The number of carbonyl (C=O) groups is 1. The molecule has 0 fully saturated rings. The van der Waals surface area contributed by atoms with Gasteiger partial charge in [0.15, 0.2) is 11.6 Å². The second-order valence-electron chi connectivity index (χ2n) is 5.65. The maximum absolute atomic E-state index is 13.4. The van der Waals surface area contributed by atoms with E-state index in [-0.39, 0.29) is 5.91 Å². The third-order valence-corrected chi connectivity index (χ3v) is 4.12. The molecule has 0 radical (unpaired) electrons. The number of halogens is 2. The van der Waals surface area contributed by atoms with Crippen molar-refractivity contribution in [3.63, 3.8) is 0 Å². The summed E-state index contributed by atoms with van der Waals surface area (Å²) in [6.07, 6.45) is 2.99. The minimum absolute atomic E-state index is 0.220. The lowest BCUT2D eigenvalue weighted by molar-refractivity contribution is 0.0742. The van der Waals surface area contributed by atoms with Crippen molar-refractivity contribution in [2.45, 2.75) is 13.0 Å². The molecule has 5 nitrogen and oxygen atoms in total. The minimum atomic E-state index is -0.928. The molecule has 0 aliphatic rings. The van der Waals surface area contributed by atoms with Crippen molar-refractivity contribution in [3.8, 4) is 5.69 Å². The maximum Gasteiger partial charge on any atom is 0.254 e. The lowest BCUT2D eigenvalue weighted by Crippen LogP contribution is -2.29. The molecular formula is C18H16F2N4O. The van der Waals surface area contributed by atoms with Crippen LogP contribution >= 0.6 is 0 Å².